The van der Waals surface area contributed by atoms with Crippen LogP contribution in [0.1, 0.15) is 51.8 Å². The first-order valence-electron chi connectivity index (χ1n) is 13.4. The van der Waals surface area contributed by atoms with Crippen LogP contribution in [0.5, 0.6) is 11.5 Å². The second-order valence-corrected chi connectivity index (χ2v) is 11.3. The monoisotopic (exact) mass is 577 g/mol. The van der Waals surface area contributed by atoms with Crippen LogP contribution in [0, 0.1) is 5.92 Å². The van der Waals surface area contributed by atoms with Crippen LogP contribution >= 0.6 is 11.3 Å². The van der Waals surface area contributed by atoms with Crippen molar-refractivity contribution < 1.29 is 23.8 Å². The summed E-state index contributed by atoms with van der Waals surface area (Å²) in [5.41, 5.74) is 2.97. The van der Waals surface area contributed by atoms with Gasteiger partial charge in [0, 0.05) is 26.7 Å². The third-order valence-corrected chi connectivity index (χ3v) is 7.32. The fourth-order valence-corrected chi connectivity index (χ4v) is 5.49. The Morgan fingerprint density at radius 1 is 1.12 bits per heavy atom. The summed E-state index contributed by atoms with van der Waals surface area (Å²) in [6.07, 6.45) is 1.83. The number of carbonyl (C=O) groups excluding carboxylic acids is 2. The van der Waals surface area contributed by atoms with Gasteiger partial charge in [-0.3, -0.25) is 14.2 Å². The van der Waals surface area contributed by atoms with Crippen molar-refractivity contribution in [2.24, 2.45) is 10.9 Å². The molecule has 1 aliphatic heterocycles. The maximum absolute atomic E-state index is 13.9. The molecule has 2 aromatic carbocycles. The number of hydrogen-bond acceptors (Lipinski definition) is 9. The molecule has 2 heterocycles. The molecule has 0 aliphatic carbocycles. The molecule has 1 unspecified atom stereocenters. The Morgan fingerprint density at radius 3 is 2.44 bits per heavy atom. The zero-order chi connectivity index (χ0) is 29.8. The van der Waals surface area contributed by atoms with Gasteiger partial charge in [-0.25, -0.2) is 9.79 Å². The number of allylic oxidation sites excluding steroid dienone is 1. The minimum absolute atomic E-state index is 0.130. The van der Waals surface area contributed by atoms with Crippen molar-refractivity contribution in [1.82, 2.24) is 4.57 Å². The van der Waals surface area contributed by atoms with E-state index >= 15 is 0 Å². The Kier molecular flexibility index (Phi) is 9.12. The number of fused-ring (bicyclic) bond motifs is 1. The van der Waals surface area contributed by atoms with Crippen molar-refractivity contribution in [3.63, 3.8) is 0 Å². The zero-order valence-electron chi connectivity index (χ0n) is 24.4. The number of hydrogen-bond donors (Lipinski definition) is 0. The van der Waals surface area contributed by atoms with E-state index < -0.39 is 18.0 Å². The van der Waals surface area contributed by atoms with Gasteiger partial charge in [0.25, 0.3) is 5.56 Å². The first kappa shape index (κ1) is 29.8. The van der Waals surface area contributed by atoms with Crippen LogP contribution in [0.2, 0.25) is 0 Å². The van der Waals surface area contributed by atoms with Gasteiger partial charge in [0.15, 0.2) is 16.3 Å². The van der Waals surface area contributed by atoms with Crippen molar-refractivity contribution in [2.75, 3.05) is 32.2 Å². The number of aromatic nitrogens is 1. The number of carbonyl (C=O) groups is 2. The average Bonchev–Trinajstić information content (AvgIpc) is 3.21. The second-order valence-electron chi connectivity index (χ2n) is 10.3. The number of rotatable bonds is 9. The number of esters is 2. The molecule has 0 saturated carbocycles. The lowest BCUT2D eigenvalue weighted by atomic mass is 9.95. The van der Waals surface area contributed by atoms with Crippen molar-refractivity contribution in [2.45, 2.75) is 40.7 Å². The number of anilines is 1. The minimum atomic E-state index is -0.824. The van der Waals surface area contributed by atoms with E-state index in [1.54, 1.807) is 25.1 Å². The van der Waals surface area contributed by atoms with E-state index in [2.05, 4.69) is 4.99 Å². The maximum Gasteiger partial charge on any atom is 0.338 e. The number of ether oxygens (including phenoxy) is 3. The maximum atomic E-state index is 13.9. The lowest BCUT2D eigenvalue weighted by molar-refractivity contribution is -0.140. The van der Waals surface area contributed by atoms with Gasteiger partial charge < -0.3 is 19.1 Å². The van der Waals surface area contributed by atoms with Crippen LogP contribution < -0.4 is 29.3 Å². The first-order chi connectivity index (χ1) is 19.5. The Balaban J connectivity index is 1.90. The summed E-state index contributed by atoms with van der Waals surface area (Å²) in [5, 5.41) is 0. The highest BCUT2D eigenvalue weighted by atomic mass is 32.1. The standard InChI is InChI=1S/C31H35N3O6S/c1-8-38-25-16-22(11-14-24(25)40-20(5)35)28-27(30(37)39-17-18(2)3)19(4)32-31-34(28)29(36)26(41-31)15-21-9-12-23(13-10-21)33(6)7/h9-16,18,28H,8,17H2,1-7H3/b26-15+. The highest BCUT2D eigenvalue weighted by Crippen LogP contribution is 2.36. The SMILES string of the molecule is CCOc1cc(C2C(C(=O)OCC(C)C)=C(C)N=c3s/c(=C/c4ccc(N(C)C)cc4)c(=O)n32)ccc1OC(C)=O. The van der Waals surface area contributed by atoms with E-state index in [1.807, 2.05) is 70.1 Å². The Morgan fingerprint density at radius 2 is 1.83 bits per heavy atom. The average molecular weight is 578 g/mol. The van der Waals surface area contributed by atoms with Gasteiger partial charge in [0.05, 0.1) is 35.1 Å². The summed E-state index contributed by atoms with van der Waals surface area (Å²) in [6, 6.07) is 12.1. The quantitative estimate of drug-likeness (QED) is 0.282. The molecule has 10 heteroatoms. The van der Waals surface area contributed by atoms with E-state index in [1.165, 1.54) is 22.8 Å². The number of benzene rings is 2. The highest BCUT2D eigenvalue weighted by Gasteiger charge is 2.34. The van der Waals surface area contributed by atoms with E-state index in [9.17, 15) is 14.4 Å². The second kappa shape index (κ2) is 12.6. The molecule has 4 rings (SSSR count). The molecule has 0 bridgehead atoms. The molecule has 1 atom stereocenters. The molecule has 0 spiro atoms. The van der Waals surface area contributed by atoms with Gasteiger partial charge in [-0.15, -0.1) is 0 Å². The Labute approximate surface area is 243 Å². The fraction of sp³-hybridized carbons (Fsp3) is 0.355. The lowest BCUT2D eigenvalue weighted by Crippen LogP contribution is -2.40. The summed E-state index contributed by atoms with van der Waals surface area (Å²) in [7, 11) is 3.93. The molecule has 9 nitrogen and oxygen atoms in total. The molecule has 3 aromatic rings. The van der Waals surface area contributed by atoms with Crippen molar-refractivity contribution in [3.8, 4) is 11.5 Å². The minimum Gasteiger partial charge on any atom is -0.490 e. The van der Waals surface area contributed by atoms with Crippen molar-refractivity contribution in [3.05, 3.63) is 84.5 Å². The molecule has 0 N–H and O–H groups in total. The van der Waals surface area contributed by atoms with Gasteiger partial charge in [-0.05, 0) is 61.2 Å². The molecule has 1 aliphatic rings. The molecule has 41 heavy (non-hydrogen) atoms. The summed E-state index contributed by atoms with van der Waals surface area (Å²) >= 11 is 1.26. The molecule has 0 radical (unpaired) electrons. The van der Waals surface area contributed by atoms with Crippen molar-refractivity contribution >= 4 is 35.0 Å². The molecule has 216 valence electrons. The fourth-order valence-electron chi connectivity index (χ4n) is 4.44. The van der Waals surface area contributed by atoms with Gasteiger partial charge in [0.1, 0.15) is 0 Å². The highest BCUT2D eigenvalue weighted by molar-refractivity contribution is 7.07. The van der Waals surface area contributed by atoms with E-state index in [-0.39, 0.29) is 29.4 Å². The molecule has 0 fully saturated rings. The Bertz CT molecular complexity index is 1660. The predicted octanol–water partition coefficient (Wildman–Crippen LogP) is 3.82. The zero-order valence-corrected chi connectivity index (χ0v) is 25.2. The summed E-state index contributed by atoms with van der Waals surface area (Å²) in [5.74, 6) is -0.320. The summed E-state index contributed by atoms with van der Waals surface area (Å²) in [4.78, 5) is 46.2. The van der Waals surface area contributed by atoms with Crippen LogP contribution in [0.25, 0.3) is 6.08 Å². The molecule has 0 saturated heterocycles. The van der Waals surface area contributed by atoms with E-state index in [0.29, 0.717) is 33.0 Å². The number of nitrogens with zero attached hydrogens (tertiary/aromatic N) is 3. The Hall–Kier alpha value is -4.18. The van der Waals surface area contributed by atoms with Crippen molar-refractivity contribution in [1.29, 1.82) is 0 Å². The topological polar surface area (TPSA) is 99.4 Å². The van der Waals surface area contributed by atoms with E-state index in [4.69, 9.17) is 14.2 Å². The summed E-state index contributed by atoms with van der Waals surface area (Å²) in [6.45, 7) is 9.33. The van der Waals surface area contributed by atoms with E-state index in [0.717, 1.165) is 11.3 Å². The van der Waals surface area contributed by atoms with Gasteiger partial charge in [-0.2, -0.15) is 0 Å². The smallest absolute Gasteiger partial charge is 0.338 e. The lowest BCUT2D eigenvalue weighted by Gasteiger charge is -2.25. The van der Waals surface area contributed by atoms with Gasteiger partial charge in [0.2, 0.25) is 0 Å². The van der Waals surface area contributed by atoms with Crippen LogP contribution in [0.15, 0.2) is 63.5 Å². The van der Waals surface area contributed by atoms with Crippen LogP contribution in [-0.4, -0.2) is 43.8 Å². The van der Waals surface area contributed by atoms with Crippen LogP contribution in [0.4, 0.5) is 5.69 Å². The van der Waals surface area contributed by atoms with Gasteiger partial charge in [-0.1, -0.05) is 43.4 Å². The van der Waals surface area contributed by atoms with Crippen LogP contribution in [0.3, 0.4) is 0 Å². The van der Waals surface area contributed by atoms with Crippen LogP contribution in [-0.2, 0) is 14.3 Å². The van der Waals surface area contributed by atoms with Gasteiger partial charge >= 0.3 is 11.9 Å². The first-order valence-corrected chi connectivity index (χ1v) is 14.2. The molecular weight excluding hydrogens is 542 g/mol. The predicted molar refractivity (Wildman–Crippen MR) is 159 cm³/mol. The molecule has 0 amide bonds. The third kappa shape index (κ3) is 6.59. The number of thiazole rings is 1. The summed E-state index contributed by atoms with van der Waals surface area (Å²) < 4.78 is 18.7. The normalized spacial score (nSPS) is 14.9. The molecular formula is C31H35N3O6S. The largest absolute Gasteiger partial charge is 0.490 e. The molecule has 1 aromatic heterocycles. The third-order valence-electron chi connectivity index (χ3n) is 6.33.